The summed E-state index contributed by atoms with van der Waals surface area (Å²) in [7, 11) is 0. The van der Waals surface area contributed by atoms with Gasteiger partial charge in [0.1, 0.15) is 5.54 Å². The third kappa shape index (κ3) is 3.38. The van der Waals surface area contributed by atoms with Crippen LogP contribution in [-0.2, 0) is 4.79 Å². The molecule has 3 amide bonds. The molecular weight excluding hydrogens is 316 g/mol. The molecule has 1 aromatic rings. The molecule has 0 atom stereocenters. The van der Waals surface area contributed by atoms with Gasteiger partial charge in [-0.25, -0.2) is 4.79 Å². The topological polar surface area (TPSA) is 65.0 Å². The zero-order valence-electron chi connectivity index (χ0n) is 15.0. The Kier molecular flexibility index (Phi) is 5.06. The Morgan fingerprint density at radius 2 is 1.76 bits per heavy atom. The van der Waals surface area contributed by atoms with Crippen molar-refractivity contribution < 1.29 is 9.59 Å². The van der Waals surface area contributed by atoms with Gasteiger partial charge in [-0.3, -0.25) is 4.79 Å². The van der Waals surface area contributed by atoms with Crippen molar-refractivity contribution in [3.8, 4) is 0 Å². The van der Waals surface area contributed by atoms with Crippen LogP contribution in [0.15, 0.2) is 29.4 Å². The number of hydrazone groups is 1. The second kappa shape index (κ2) is 7.25. The Labute approximate surface area is 148 Å². The second-order valence-electron chi connectivity index (χ2n) is 6.70. The molecule has 1 aliphatic heterocycles. The van der Waals surface area contributed by atoms with Crippen LogP contribution in [0.4, 0.5) is 10.5 Å². The maximum atomic E-state index is 12.7. The van der Waals surface area contributed by atoms with E-state index in [1.807, 2.05) is 24.3 Å². The van der Waals surface area contributed by atoms with Crippen LogP contribution in [0.1, 0.15) is 51.5 Å². The molecule has 1 aliphatic carbocycles. The van der Waals surface area contributed by atoms with E-state index in [4.69, 9.17) is 0 Å². The van der Waals surface area contributed by atoms with Gasteiger partial charge in [-0.15, -0.1) is 5.01 Å². The third-order valence-electron chi connectivity index (χ3n) is 5.19. The third-order valence-corrected chi connectivity index (χ3v) is 5.19. The number of carbonyl (C=O) groups is 2. The first kappa shape index (κ1) is 17.5. The number of carbonyl (C=O) groups excluding carboxylic acids is 2. The Morgan fingerprint density at radius 3 is 2.36 bits per heavy atom. The zero-order valence-corrected chi connectivity index (χ0v) is 15.0. The number of urea groups is 1. The van der Waals surface area contributed by atoms with Gasteiger partial charge in [0, 0.05) is 18.8 Å². The summed E-state index contributed by atoms with van der Waals surface area (Å²) in [5.74, 6) is -0.215. The summed E-state index contributed by atoms with van der Waals surface area (Å²) in [5.41, 5.74) is 1.29. The van der Waals surface area contributed by atoms with Gasteiger partial charge in [0.05, 0.1) is 6.21 Å². The maximum Gasteiger partial charge on any atom is 0.346 e. The highest BCUT2D eigenvalue weighted by atomic mass is 16.2. The lowest BCUT2D eigenvalue weighted by Gasteiger charge is -2.29. The molecule has 0 unspecified atom stereocenters. The van der Waals surface area contributed by atoms with Crippen LogP contribution >= 0.6 is 0 Å². The van der Waals surface area contributed by atoms with Gasteiger partial charge in [0.25, 0.3) is 5.91 Å². The van der Waals surface area contributed by atoms with Gasteiger partial charge in [0.15, 0.2) is 0 Å². The molecule has 1 saturated heterocycles. The molecular formula is C19H26N4O2. The van der Waals surface area contributed by atoms with Crippen molar-refractivity contribution in [2.24, 2.45) is 5.10 Å². The number of amides is 3. The molecule has 134 valence electrons. The predicted molar refractivity (Wildman–Crippen MR) is 98.8 cm³/mol. The number of hydrogen-bond acceptors (Lipinski definition) is 4. The molecule has 1 saturated carbocycles. The van der Waals surface area contributed by atoms with E-state index in [-0.39, 0.29) is 5.91 Å². The number of hydrogen-bond donors (Lipinski definition) is 1. The zero-order chi connectivity index (χ0) is 17.9. The van der Waals surface area contributed by atoms with Crippen LogP contribution in [0, 0.1) is 0 Å². The fourth-order valence-electron chi connectivity index (χ4n) is 3.69. The van der Waals surface area contributed by atoms with E-state index in [2.05, 4.69) is 29.2 Å². The summed E-state index contributed by atoms with van der Waals surface area (Å²) in [5, 5.41) is 8.00. The fourth-order valence-corrected chi connectivity index (χ4v) is 3.69. The standard InChI is InChI=1S/C19H26N4O2/c1-3-22(4-2)16-10-8-15(9-11-16)14-20-23-17(24)19(21-18(23)25)12-6-5-7-13-19/h8-11,14H,3-7,12-13H2,1-2H3,(H,21,25). The molecule has 0 radical (unpaired) electrons. The highest BCUT2D eigenvalue weighted by molar-refractivity contribution is 6.07. The number of anilines is 1. The Balaban J connectivity index is 1.71. The van der Waals surface area contributed by atoms with Crippen molar-refractivity contribution in [3.05, 3.63) is 29.8 Å². The van der Waals surface area contributed by atoms with E-state index >= 15 is 0 Å². The molecule has 25 heavy (non-hydrogen) atoms. The number of nitrogens with zero attached hydrogens (tertiary/aromatic N) is 3. The van der Waals surface area contributed by atoms with Gasteiger partial charge in [-0.2, -0.15) is 5.10 Å². The average Bonchev–Trinajstić information content (AvgIpc) is 2.86. The quantitative estimate of drug-likeness (QED) is 0.660. The minimum absolute atomic E-state index is 0.215. The Bertz CT molecular complexity index is 659. The van der Waals surface area contributed by atoms with Gasteiger partial charge < -0.3 is 10.2 Å². The molecule has 6 nitrogen and oxygen atoms in total. The van der Waals surface area contributed by atoms with Crippen LogP contribution in [0.25, 0.3) is 0 Å². The summed E-state index contributed by atoms with van der Waals surface area (Å²) in [4.78, 5) is 27.1. The molecule has 0 aromatic heterocycles. The van der Waals surface area contributed by atoms with E-state index < -0.39 is 11.6 Å². The minimum Gasteiger partial charge on any atom is -0.372 e. The van der Waals surface area contributed by atoms with Crippen LogP contribution in [0.2, 0.25) is 0 Å². The van der Waals surface area contributed by atoms with Crippen LogP contribution in [0.3, 0.4) is 0 Å². The van der Waals surface area contributed by atoms with Crippen molar-refractivity contribution in [2.75, 3.05) is 18.0 Å². The molecule has 1 spiro atoms. The average molecular weight is 342 g/mol. The summed E-state index contributed by atoms with van der Waals surface area (Å²) in [6, 6.07) is 7.55. The van der Waals surface area contributed by atoms with Crippen molar-refractivity contribution >= 4 is 23.8 Å². The molecule has 6 heteroatoms. The summed E-state index contributed by atoms with van der Waals surface area (Å²) < 4.78 is 0. The van der Waals surface area contributed by atoms with Crippen molar-refractivity contribution in [2.45, 2.75) is 51.5 Å². The number of rotatable bonds is 5. The predicted octanol–water partition coefficient (Wildman–Crippen LogP) is 3.12. The van der Waals surface area contributed by atoms with Crippen LogP contribution < -0.4 is 10.2 Å². The molecule has 2 aliphatic rings. The van der Waals surface area contributed by atoms with Gasteiger partial charge in [0.2, 0.25) is 0 Å². The summed E-state index contributed by atoms with van der Waals surface area (Å²) >= 11 is 0. The normalized spacial score (nSPS) is 19.7. The van der Waals surface area contributed by atoms with Crippen molar-refractivity contribution in [1.82, 2.24) is 10.3 Å². The lowest BCUT2D eigenvalue weighted by molar-refractivity contribution is -0.132. The molecule has 0 bridgehead atoms. The van der Waals surface area contributed by atoms with Gasteiger partial charge in [-0.05, 0) is 44.4 Å². The fraction of sp³-hybridized carbons (Fsp3) is 0.526. The number of benzene rings is 1. The highest BCUT2D eigenvalue weighted by Crippen LogP contribution is 2.33. The van der Waals surface area contributed by atoms with Gasteiger partial charge in [-0.1, -0.05) is 31.4 Å². The Hall–Kier alpha value is -2.37. The molecule has 1 aromatic carbocycles. The molecule has 3 rings (SSSR count). The minimum atomic E-state index is -0.723. The molecule has 1 N–H and O–H groups in total. The van der Waals surface area contributed by atoms with Gasteiger partial charge >= 0.3 is 6.03 Å². The highest BCUT2D eigenvalue weighted by Gasteiger charge is 2.51. The first-order valence-electron chi connectivity index (χ1n) is 9.15. The van der Waals surface area contributed by atoms with E-state index in [0.717, 1.165) is 48.6 Å². The maximum absolute atomic E-state index is 12.7. The Morgan fingerprint density at radius 1 is 1.12 bits per heavy atom. The molecule has 2 fully saturated rings. The van der Waals surface area contributed by atoms with E-state index in [1.165, 1.54) is 0 Å². The monoisotopic (exact) mass is 342 g/mol. The SMILES string of the molecule is CCN(CC)c1ccc(C=NN2C(=O)NC3(CCCCC3)C2=O)cc1. The van der Waals surface area contributed by atoms with Crippen molar-refractivity contribution in [3.63, 3.8) is 0 Å². The second-order valence-corrected chi connectivity index (χ2v) is 6.70. The summed E-state index contributed by atoms with van der Waals surface area (Å²) in [6.45, 7) is 6.15. The lowest BCUT2D eigenvalue weighted by Crippen LogP contribution is -2.48. The first-order chi connectivity index (χ1) is 12.1. The first-order valence-corrected chi connectivity index (χ1v) is 9.15. The van der Waals surface area contributed by atoms with Crippen molar-refractivity contribution in [1.29, 1.82) is 0 Å². The van der Waals surface area contributed by atoms with E-state index in [1.54, 1.807) is 6.21 Å². The lowest BCUT2D eigenvalue weighted by atomic mass is 9.82. The largest absolute Gasteiger partial charge is 0.372 e. The number of imide groups is 1. The smallest absolute Gasteiger partial charge is 0.346 e. The van der Waals surface area contributed by atoms with E-state index in [9.17, 15) is 9.59 Å². The summed E-state index contributed by atoms with van der Waals surface area (Å²) in [6.07, 6.45) is 6.05. The van der Waals surface area contributed by atoms with Crippen LogP contribution in [0.5, 0.6) is 0 Å². The molecule has 1 heterocycles. The number of nitrogens with one attached hydrogen (secondary N) is 1. The van der Waals surface area contributed by atoms with E-state index in [0.29, 0.717) is 12.8 Å². The van der Waals surface area contributed by atoms with Crippen LogP contribution in [-0.4, -0.2) is 41.8 Å².